The third-order valence-corrected chi connectivity index (χ3v) is 2.99. The second-order valence-corrected chi connectivity index (χ2v) is 4.19. The van der Waals surface area contributed by atoms with Gasteiger partial charge in [0, 0.05) is 14.2 Å². The van der Waals surface area contributed by atoms with Crippen molar-refractivity contribution in [1.82, 2.24) is 0 Å². The van der Waals surface area contributed by atoms with Crippen LogP contribution >= 0.6 is 0 Å². The highest BCUT2D eigenvalue weighted by molar-refractivity contribution is 6.61. The van der Waals surface area contributed by atoms with Gasteiger partial charge in [-0.15, -0.1) is 0 Å². The molecule has 1 aliphatic rings. The summed E-state index contributed by atoms with van der Waals surface area (Å²) in [5.41, 5.74) is 0.617. The predicted octanol–water partition coefficient (Wildman–Crippen LogP) is -0.181. The Hall–Kier alpha value is -1.48. The maximum atomic E-state index is 13.8. The molecular weight excluding hydrogens is 270 g/mol. The third-order valence-electron chi connectivity index (χ3n) is 2.99. The lowest BCUT2D eigenvalue weighted by atomic mass is 9.78. The SMILES string of the molecule is COC(COC(=O)c1cc2c(cc1F)COB2O)OC. The van der Waals surface area contributed by atoms with Crippen LogP contribution in [-0.2, 0) is 25.5 Å². The zero-order chi connectivity index (χ0) is 14.7. The highest BCUT2D eigenvalue weighted by Gasteiger charge is 2.30. The summed E-state index contributed by atoms with van der Waals surface area (Å²) in [4.78, 5) is 11.8. The predicted molar refractivity (Wildman–Crippen MR) is 66.9 cm³/mol. The highest BCUT2D eigenvalue weighted by Crippen LogP contribution is 2.16. The molecule has 0 saturated carbocycles. The standard InChI is InChI=1S/C12H14BFO6/c1-17-11(18-2)6-19-12(15)8-4-9-7(3-10(8)14)5-20-13(9)16/h3-4,11,16H,5-6H2,1-2H3. The molecule has 6 nitrogen and oxygen atoms in total. The maximum Gasteiger partial charge on any atom is 0.491 e. The molecule has 0 spiro atoms. The number of methoxy groups -OCH3 is 2. The number of hydrogen-bond acceptors (Lipinski definition) is 6. The lowest BCUT2D eigenvalue weighted by Gasteiger charge is -2.14. The first-order valence-electron chi connectivity index (χ1n) is 5.91. The van der Waals surface area contributed by atoms with Crippen LogP contribution in [-0.4, -0.2) is 45.2 Å². The summed E-state index contributed by atoms with van der Waals surface area (Å²) in [6.07, 6.45) is -0.717. The molecule has 2 rings (SSSR count). The van der Waals surface area contributed by atoms with Gasteiger partial charge >= 0.3 is 13.1 Å². The van der Waals surface area contributed by atoms with Crippen molar-refractivity contribution in [3.05, 3.63) is 29.1 Å². The van der Waals surface area contributed by atoms with Crippen molar-refractivity contribution in [2.24, 2.45) is 0 Å². The molecule has 1 aliphatic heterocycles. The van der Waals surface area contributed by atoms with E-state index in [0.717, 1.165) is 6.07 Å². The Kier molecular flexibility index (Phi) is 4.71. The minimum absolute atomic E-state index is 0.109. The maximum absolute atomic E-state index is 13.8. The minimum atomic E-state index is -1.15. The third kappa shape index (κ3) is 2.99. The molecule has 20 heavy (non-hydrogen) atoms. The van der Waals surface area contributed by atoms with E-state index in [1.165, 1.54) is 20.3 Å². The van der Waals surface area contributed by atoms with Crippen molar-refractivity contribution in [1.29, 1.82) is 0 Å². The Morgan fingerprint density at radius 1 is 1.50 bits per heavy atom. The molecule has 1 heterocycles. The van der Waals surface area contributed by atoms with Gasteiger partial charge in [0.25, 0.3) is 0 Å². The van der Waals surface area contributed by atoms with E-state index in [0.29, 0.717) is 11.0 Å². The average Bonchev–Trinajstić information content (AvgIpc) is 2.79. The molecule has 0 unspecified atom stereocenters. The number of rotatable bonds is 5. The largest absolute Gasteiger partial charge is 0.491 e. The number of hydrogen-bond donors (Lipinski definition) is 1. The zero-order valence-corrected chi connectivity index (χ0v) is 11.1. The molecule has 1 aromatic carbocycles. The van der Waals surface area contributed by atoms with Crippen LogP contribution in [0.1, 0.15) is 15.9 Å². The second kappa shape index (κ2) is 6.32. The molecule has 0 radical (unpaired) electrons. The number of halogens is 1. The number of carbonyl (C=O) groups is 1. The van der Waals surface area contributed by atoms with Crippen molar-refractivity contribution >= 4 is 18.6 Å². The fraction of sp³-hybridized carbons (Fsp3) is 0.417. The first-order chi connectivity index (χ1) is 9.56. The van der Waals surface area contributed by atoms with Crippen molar-refractivity contribution in [3.8, 4) is 0 Å². The van der Waals surface area contributed by atoms with Crippen LogP contribution in [0.3, 0.4) is 0 Å². The highest BCUT2D eigenvalue weighted by atomic mass is 19.1. The fourth-order valence-electron chi connectivity index (χ4n) is 1.85. The summed E-state index contributed by atoms with van der Waals surface area (Å²) in [5.74, 6) is -1.58. The quantitative estimate of drug-likeness (QED) is 0.459. The van der Waals surface area contributed by atoms with Gasteiger partial charge in [0.05, 0.1) is 12.2 Å². The van der Waals surface area contributed by atoms with Crippen LogP contribution in [0.5, 0.6) is 0 Å². The first kappa shape index (κ1) is 14.9. The number of benzene rings is 1. The first-order valence-corrected chi connectivity index (χ1v) is 5.91. The van der Waals surface area contributed by atoms with Gasteiger partial charge in [-0.1, -0.05) is 0 Å². The number of fused-ring (bicyclic) bond motifs is 1. The van der Waals surface area contributed by atoms with Gasteiger partial charge < -0.3 is 23.9 Å². The molecule has 1 N–H and O–H groups in total. The Labute approximate surface area is 115 Å². The van der Waals surface area contributed by atoms with Gasteiger partial charge in [0.2, 0.25) is 0 Å². The van der Waals surface area contributed by atoms with Gasteiger partial charge in [-0.25, -0.2) is 9.18 Å². The van der Waals surface area contributed by atoms with Crippen LogP contribution in [0.15, 0.2) is 12.1 Å². The summed E-state index contributed by atoms with van der Waals surface area (Å²) in [6, 6.07) is 2.39. The van der Waals surface area contributed by atoms with Crippen LogP contribution in [0.25, 0.3) is 0 Å². The topological polar surface area (TPSA) is 74.2 Å². The van der Waals surface area contributed by atoms with Crippen LogP contribution < -0.4 is 5.46 Å². The van der Waals surface area contributed by atoms with Crippen LogP contribution in [0.2, 0.25) is 0 Å². The van der Waals surface area contributed by atoms with E-state index >= 15 is 0 Å². The summed E-state index contributed by atoms with van der Waals surface area (Å²) in [7, 11) is 1.64. The van der Waals surface area contributed by atoms with Crippen molar-refractivity contribution < 1.29 is 33.1 Å². The molecule has 0 fully saturated rings. The lowest BCUT2D eigenvalue weighted by molar-refractivity contribution is -0.129. The molecule has 1 aromatic rings. The summed E-state index contributed by atoms with van der Waals surface area (Å²) in [6.45, 7) is -0.0560. The lowest BCUT2D eigenvalue weighted by Crippen LogP contribution is -2.30. The van der Waals surface area contributed by atoms with Gasteiger partial charge in [-0.05, 0) is 23.2 Å². The number of carbonyl (C=O) groups excluding carboxylic acids is 1. The Morgan fingerprint density at radius 2 is 2.20 bits per heavy atom. The van der Waals surface area contributed by atoms with E-state index in [9.17, 15) is 14.2 Å². The molecule has 108 valence electrons. The molecule has 0 saturated heterocycles. The fourth-order valence-corrected chi connectivity index (χ4v) is 1.85. The summed E-state index contributed by atoms with van der Waals surface area (Å²) >= 11 is 0. The van der Waals surface area contributed by atoms with Gasteiger partial charge in [0.1, 0.15) is 12.4 Å². The molecule has 0 aromatic heterocycles. The van der Waals surface area contributed by atoms with Crippen molar-refractivity contribution in [2.75, 3.05) is 20.8 Å². The number of esters is 1. The smallest absolute Gasteiger partial charge is 0.457 e. The van der Waals surface area contributed by atoms with Gasteiger partial charge in [-0.2, -0.15) is 0 Å². The van der Waals surface area contributed by atoms with E-state index < -0.39 is 25.2 Å². The summed E-state index contributed by atoms with van der Waals surface area (Å²) in [5, 5.41) is 9.54. The molecule has 0 aliphatic carbocycles. The zero-order valence-electron chi connectivity index (χ0n) is 11.1. The van der Waals surface area contributed by atoms with E-state index in [4.69, 9.17) is 18.9 Å². The van der Waals surface area contributed by atoms with Crippen LogP contribution in [0.4, 0.5) is 4.39 Å². The second-order valence-electron chi connectivity index (χ2n) is 4.19. The van der Waals surface area contributed by atoms with Gasteiger partial charge in [-0.3, -0.25) is 0 Å². The molecular formula is C12H14BFO6. The van der Waals surface area contributed by atoms with E-state index in [-0.39, 0.29) is 18.8 Å². The molecule has 0 amide bonds. The number of ether oxygens (including phenoxy) is 3. The molecule has 0 atom stereocenters. The van der Waals surface area contributed by atoms with E-state index in [2.05, 4.69) is 0 Å². The van der Waals surface area contributed by atoms with Crippen molar-refractivity contribution in [2.45, 2.75) is 12.9 Å². The normalized spacial score (nSPS) is 13.8. The Bertz CT molecular complexity index is 505. The van der Waals surface area contributed by atoms with E-state index in [1.807, 2.05) is 0 Å². The minimum Gasteiger partial charge on any atom is -0.457 e. The van der Waals surface area contributed by atoms with Gasteiger partial charge in [0.15, 0.2) is 6.29 Å². The molecule has 8 heteroatoms. The summed E-state index contributed by atoms with van der Waals surface area (Å²) < 4.78 is 33.4. The monoisotopic (exact) mass is 284 g/mol. The van der Waals surface area contributed by atoms with E-state index in [1.54, 1.807) is 0 Å². The Morgan fingerprint density at radius 3 is 2.85 bits per heavy atom. The Balaban J connectivity index is 2.12. The molecule has 0 bridgehead atoms. The van der Waals surface area contributed by atoms with Crippen molar-refractivity contribution in [3.63, 3.8) is 0 Å². The average molecular weight is 284 g/mol. The van der Waals surface area contributed by atoms with Crippen LogP contribution in [0, 0.1) is 5.82 Å².